The number of ether oxygens (including phenoxy) is 1. The van der Waals surface area contributed by atoms with Gasteiger partial charge in [0.15, 0.2) is 6.10 Å². The molecule has 1 unspecified atom stereocenters. The maximum Gasteiger partial charge on any atom is 0.265 e. The third-order valence-electron chi connectivity index (χ3n) is 3.00. The van der Waals surface area contributed by atoms with Gasteiger partial charge in [0.1, 0.15) is 10.9 Å². The van der Waals surface area contributed by atoms with Crippen molar-refractivity contribution in [1.29, 1.82) is 0 Å². The number of hydrogen-bond acceptors (Lipinski definition) is 3. The standard InChI is InChI=1S/C14H10BrClN2O2/c15-10-6-9(7-17-13(10)16)18-14(19)12-5-8-3-1-2-4-11(8)20-12/h1-4,6-7,12H,5H2,(H,18,19). The summed E-state index contributed by atoms with van der Waals surface area (Å²) in [6.45, 7) is 0. The Morgan fingerprint density at radius 1 is 1.45 bits per heavy atom. The van der Waals surface area contributed by atoms with E-state index in [4.69, 9.17) is 16.3 Å². The first-order valence-corrected chi connectivity index (χ1v) is 7.17. The molecule has 0 bridgehead atoms. The third kappa shape index (κ3) is 2.64. The predicted molar refractivity (Wildman–Crippen MR) is 80.1 cm³/mol. The molecule has 1 aromatic heterocycles. The van der Waals surface area contributed by atoms with Crippen LogP contribution in [0.15, 0.2) is 41.0 Å². The molecule has 1 aromatic carbocycles. The molecular formula is C14H10BrClN2O2. The van der Waals surface area contributed by atoms with Gasteiger partial charge in [0.2, 0.25) is 0 Å². The van der Waals surface area contributed by atoms with E-state index >= 15 is 0 Å². The highest BCUT2D eigenvalue weighted by atomic mass is 79.9. The Morgan fingerprint density at radius 3 is 3.00 bits per heavy atom. The number of carbonyl (C=O) groups is 1. The van der Waals surface area contributed by atoms with Gasteiger partial charge in [-0.25, -0.2) is 4.98 Å². The van der Waals surface area contributed by atoms with Crippen LogP contribution in [0.4, 0.5) is 5.69 Å². The fourth-order valence-electron chi connectivity index (χ4n) is 2.04. The van der Waals surface area contributed by atoms with Crippen molar-refractivity contribution in [3.05, 3.63) is 51.7 Å². The lowest BCUT2D eigenvalue weighted by Gasteiger charge is -2.11. The molecule has 1 aliphatic rings. The lowest BCUT2D eigenvalue weighted by molar-refractivity contribution is -0.122. The summed E-state index contributed by atoms with van der Waals surface area (Å²) in [7, 11) is 0. The van der Waals surface area contributed by atoms with Crippen molar-refractivity contribution in [1.82, 2.24) is 4.98 Å². The summed E-state index contributed by atoms with van der Waals surface area (Å²) in [6, 6.07) is 9.35. The average molecular weight is 354 g/mol. The number of benzene rings is 1. The Balaban J connectivity index is 1.71. The number of nitrogens with one attached hydrogen (secondary N) is 1. The first-order valence-electron chi connectivity index (χ1n) is 6.00. The fourth-order valence-corrected chi connectivity index (χ4v) is 2.49. The Kier molecular flexibility index (Phi) is 3.63. The first-order chi connectivity index (χ1) is 9.63. The van der Waals surface area contributed by atoms with Gasteiger partial charge in [-0.15, -0.1) is 0 Å². The Hall–Kier alpha value is -1.59. The SMILES string of the molecule is O=C(Nc1cnc(Cl)c(Br)c1)C1Cc2ccccc2O1. The van der Waals surface area contributed by atoms with Crippen LogP contribution < -0.4 is 10.1 Å². The second-order valence-electron chi connectivity index (χ2n) is 4.40. The smallest absolute Gasteiger partial charge is 0.265 e. The second kappa shape index (κ2) is 5.42. The van der Waals surface area contributed by atoms with Gasteiger partial charge < -0.3 is 10.1 Å². The van der Waals surface area contributed by atoms with E-state index in [0.29, 0.717) is 21.7 Å². The fraction of sp³-hybridized carbons (Fsp3) is 0.143. The molecule has 1 aliphatic heterocycles. The molecule has 3 rings (SSSR count). The van der Waals surface area contributed by atoms with Gasteiger partial charge in [-0.3, -0.25) is 4.79 Å². The molecule has 0 saturated heterocycles. The van der Waals surface area contributed by atoms with E-state index in [1.54, 1.807) is 6.07 Å². The van der Waals surface area contributed by atoms with E-state index in [1.807, 2.05) is 24.3 Å². The van der Waals surface area contributed by atoms with Crippen LogP contribution >= 0.6 is 27.5 Å². The summed E-state index contributed by atoms with van der Waals surface area (Å²) in [6.07, 6.45) is 1.57. The molecule has 102 valence electrons. The van der Waals surface area contributed by atoms with E-state index in [-0.39, 0.29) is 5.91 Å². The van der Waals surface area contributed by atoms with Crippen LogP contribution in [-0.2, 0) is 11.2 Å². The summed E-state index contributed by atoms with van der Waals surface area (Å²) < 4.78 is 6.26. The Bertz CT molecular complexity index is 653. The van der Waals surface area contributed by atoms with E-state index in [1.165, 1.54) is 6.20 Å². The number of hydrogen-bond donors (Lipinski definition) is 1. The molecule has 0 saturated carbocycles. The van der Waals surface area contributed by atoms with Crippen molar-refractivity contribution >= 4 is 39.1 Å². The first kappa shape index (κ1) is 13.4. The molecule has 2 heterocycles. The Morgan fingerprint density at radius 2 is 2.25 bits per heavy atom. The molecule has 1 atom stereocenters. The monoisotopic (exact) mass is 352 g/mol. The van der Waals surface area contributed by atoms with E-state index in [2.05, 4.69) is 26.2 Å². The number of rotatable bonds is 2. The molecule has 6 heteroatoms. The van der Waals surface area contributed by atoms with Crippen LogP contribution in [0.2, 0.25) is 5.15 Å². The molecule has 0 spiro atoms. The van der Waals surface area contributed by atoms with Gasteiger partial charge in [-0.05, 0) is 33.6 Å². The molecule has 4 nitrogen and oxygen atoms in total. The van der Waals surface area contributed by atoms with E-state index < -0.39 is 6.10 Å². The predicted octanol–water partition coefficient (Wildman–Crippen LogP) is 3.44. The summed E-state index contributed by atoms with van der Waals surface area (Å²) >= 11 is 9.08. The van der Waals surface area contributed by atoms with Crippen molar-refractivity contribution in [2.75, 3.05) is 5.32 Å². The lowest BCUT2D eigenvalue weighted by Crippen LogP contribution is -2.31. The third-order valence-corrected chi connectivity index (χ3v) is 4.14. The number of pyridine rings is 1. The van der Waals surface area contributed by atoms with Crippen LogP contribution in [-0.4, -0.2) is 17.0 Å². The van der Waals surface area contributed by atoms with Crippen LogP contribution in [0, 0.1) is 0 Å². The minimum Gasteiger partial charge on any atom is -0.480 e. The molecule has 0 radical (unpaired) electrons. The zero-order valence-electron chi connectivity index (χ0n) is 10.3. The number of nitrogens with zero attached hydrogens (tertiary/aromatic N) is 1. The molecule has 20 heavy (non-hydrogen) atoms. The van der Waals surface area contributed by atoms with Crippen LogP contribution in [0.1, 0.15) is 5.56 Å². The number of amides is 1. The molecule has 0 fully saturated rings. The summed E-state index contributed by atoms with van der Waals surface area (Å²) in [5, 5.41) is 3.13. The number of halogens is 2. The van der Waals surface area contributed by atoms with E-state index in [9.17, 15) is 4.79 Å². The normalized spacial score (nSPS) is 16.4. The van der Waals surface area contributed by atoms with Gasteiger partial charge in [0, 0.05) is 6.42 Å². The van der Waals surface area contributed by atoms with Crippen LogP contribution in [0.3, 0.4) is 0 Å². The number of fused-ring (bicyclic) bond motifs is 1. The lowest BCUT2D eigenvalue weighted by atomic mass is 10.1. The van der Waals surface area contributed by atoms with Gasteiger partial charge in [-0.1, -0.05) is 29.8 Å². The molecule has 2 aromatic rings. The van der Waals surface area contributed by atoms with Crippen LogP contribution in [0.25, 0.3) is 0 Å². The van der Waals surface area contributed by atoms with Gasteiger partial charge in [0.25, 0.3) is 5.91 Å². The topological polar surface area (TPSA) is 51.2 Å². The molecule has 0 aliphatic carbocycles. The van der Waals surface area contributed by atoms with Gasteiger partial charge in [-0.2, -0.15) is 0 Å². The minimum atomic E-state index is -0.512. The van der Waals surface area contributed by atoms with Gasteiger partial charge in [0.05, 0.1) is 16.4 Å². The number of anilines is 1. The van der Waals surface area contributed by atoms with Crippen molar-refractivity contribution in [3.63, 3.8) is 0 Å². The van der Waals surface area contributed by atoms with Crippen molar-refractivity contribution in [2.45, 2.75) is 12.5 Å². The largest absolute Gasteiger partial charge is 0.480 e. The number of carbonyl (C=O) groups excluding carboxylic acids is 1. The van der Waals surface area contributed by atoms with E-state index in [0.717, 1.165) is 11.3 Å². The molecular weight excluding hydrogens is 344 g/mol. The highest BCUT2D eigenvalue weighted by Crippen LogP contribution is 2.29. The maximum atomic E-state index is 12.2. The van der Waals surface area contributed by atoms with Crippen molar-refractivity contribution in [2.24, 2.45) is 0 Å². The van der Waals surface area contributed by atoms with Crippen molar-refractivity contribution in [3.8, 4) is 5.75 Å². The minimum absolute atomic E-state index is 0.197. The summed E-state index contributed by atoms with van der Waals surface area (Å²) in [4.78, 5) is 16.1. The van der Waals surface area contributed by atoms with Crippen LogP contribution in [0.5, 0.6) is 5.75 Å². The highest BCUT2D eigenvalue weighted by molar-refractivity contribution is 9.10. The summed E-state index contributed by atoms with van der Waals surface area (Å²) in [5.74, 6) is 0.570. The molecule has 1 N–H and O–H groups in total. The molecule has 1 amide bonds. The number of para-hydroxylation sites is 1. The Labute approximate surface area is 129 Å². The second-order valence-corrected chi connectivity index (χ2v) is 5.62. The van der Waals surface area contributed by atoms with Crippen molar-refractivity contribution < 1.29 is 9.53 Å². The zero-order chi connectivity index (χ0) is 14.1. The quantitative estimate of drug-likeness (QED) is 0.842. The maximum absolute atomic E-state index is 12.2. The zero-order valence-corrected chi connectivity index (χ0v) is 12.6. The average Bonchev–Trinajstić information content (AvgIpc) is 2.87. The number of aromatic nitrogens is 1. The van der Waals surface area contributed by atoms with Gasteiger partial charge >= 0.3 is 0 Å². The summed E-state index contributed by atoms with van der Waals surface area (Å²) in [5.41, 5.74) is 1.62. The highest BCUT2D eigenvalue weighted by Gasteiger charge is 2.28.